The number of rotatable bonds is 1. The zero-order chi connectivity index (χ0) is 13.0. The molecule has 2 heterocycles. The predicted molar refractivity (Wildman–Crippen MR) is 76.7 cm³/mol. The van der Waals surface area contributed by atoms with Gasteiger partial charge in [0, 0.05) is 6.20 Å². The number of imidazole rings is 1. The van der Waals surface area contributed by atoms with Gasteiger partial charge in [-0.1, -0.05) is 49.7 Å². The Bertz CT molecular complexity index is 621. The van der Waals surface area contributed by atoms with Crippen LogP contribution < -0.4 is 0 Å². The first-order valence-corrected chi connectivity index (χ1v) is 6.32. The second-order valence-electron chi connectivity index (χ2n) is 4.01. The lowest BCUT2D eigenvalue weighted by Crippen LogP contribution is -1.84. The van der Waals surface area contributed by atoms with Crippen LogP contribution in [-0.2, 0) is 0 Å². The molecule has 0 aliphatic heterocycles. The third-order valence-electron chi connectivity index (χ3n) is 2.79. The van der Waals surface area contributed by atoms with Gasteiger partial charge in [-0.2, -0.15) is 0 Å². The van der Waals surface area contributed by atoms with Crippen LogP contribution in [0.15, 0.2) is 55.1 Å². The van der Waals surface area contributed by atoms with Gasteiger partial charge in [-0.25, -0.2) is 4.98 Å². The van der Waals surface area contributed by atoms with Crippen LogP contribution in [-0.4, -0.2) is 9.38 Å². The van der Waals surface area contributed by atoms with E-state index in [0.717, 1.165) is 5.52 Å². The molecular formula is C16H18N2. The van der Waals surface area contributed by atoms with E-state index in [1.807, 2.05) is 30.8 Å². The van der Waals surface area contributed by atoms with Crippen molar-refractivity contribution in [3.8, 4) is 11.1 Å². The molecule has 0 fully saturated rings. The third kappa shape index (κ3) is 2.43. The quantitative estimate of drug-likeness (QED) is 0.616. The Balaban J connectivity index is 0.000000574. The summed E-state index contributed by atoms with van der Waals surface area (Å²) in [6.07, 6.45) is 5.79. The molecule has 2 nitrogen and oxygen atoms in total. The highest BCUT2D eigenvalue weighted by Crippen LogP contribution is 2.20. The second-order valence-corrected chi connectivity index (χ2v) is 4.01. The van der Waals surface area contributed by atoms with Gasteiger partial charge < -0.3 is 4.40 Å². The van der Waals surface area contributed by atoms with Crippen molar-refractivity contribution in [3.05, 3.63) is 60.7 Å². The van der Waals surface area contributed by atoms with Gasteiger partial charge in [0.15, 0.2) is 0 Å². The van der Waals surface area contributed by atoms with E-state index < -0.39 is 0 Å². The lowest BCUT2D eigenvalue weighted by molar-refractivity contribution is 1.16. The summed E-state index contributed by atoms with van der Waals surface area (Å²) in [5, 5.41) is 0. The van der Waals surface area contributed by atoms with Crippen LogP contribution in [0.3, 0.4) is 0 Å². The van der Waals surface area contributed by atoms with Crippen molar-refractivity contribution in [1.29, 1.82) is 0 Å². The fraction of sp³-hybridized carbons (Fsp3) is 0.188. The van der Waals surface area contributed by atoms with Gasteiger partial charge in [0.25, 0.3) is 0 Å². The van der Waals surface area contributed by atoms with Gasteiger partial charge in [-0.05, 0) is 24.1 Å². The zero-order valence-electron chi connectivity index (χ0n) is 11.1. The van der Waals surface area contributed by atoms with Crippen molar-refractivity contribution in [2.75, 3.05) is 0 Å². The van der Waals surface area contributed by atoms with E-state index in [1.54, 1.807) is 0 Å². The maximum atomic E-state index is 4.11. The first-order valence-electron chi connectivity index (χ1n) is 6.32. The van der Waals surface area contributed by atoms with Gasteiger partial charge in [0.2, 0.25) is 0 Å². The number of fused-ring (bicyclic) bond motifs is 1. The van der Waals surface area contributed by atoms with Gasteiger partial charge >= 0.3 is 0 Å². The summed E-state index contributed by atoms with van der Waals surface area (Å²) in [4.78, 5) is 4.11. The highest BCUT2D eigenvalue weighted by Gasteiger charge is 1.99. The first-order chi connectivity index (χ1) is 8.83. The molecule has 0 amide bonds. The van der Waals surface area contributed by atoms with Crippen LogP contribution in [0.5, 0.6) is 0 Å². The van der Waals surface area contributed by atoms with Crippen LogP contribution in [0.4, 0.5) is 0 Å². The van der Waals surface area contributed by atoms with E-state index in [4.69, 9.17) is 0 Å². The van der Waals surface area contributed by atoms with Crippen LogP contribution in [0.25, 0.3) is 16.6 Å². The highest BCUT2D eigenvalue weighted by atomic mass is 15.0. The fourth-order valence-corrected chi connectivity index (χ4v) is 1.84. The molecule has 0 spiro atoms. The largest absolute Gasteiger partial charge is 0.306 e. The molecular weight excluding hydrogens is 220 g/mol. The molecule has 3 aromatic rings. The van der Waals surface area contributed by atoms with E-state index in [0.29, 0.717) is 0 Å². The number of hydrogen-bond acceptors (Lipinski definition) is 1. The Morgan fingerprint density at radius 2 is 1.56 bits per heavy atom. The second kappa shape index (κ2) is 5.50. The molecule has 0 saturated carbocycles. The Kier molecular flexibility index (Phi) is 3.78. The van der Waals surface area contributed by atoms with E-state index in [1.165, 1.54) is 16.7 Å². The van der Waals surface area contributed by atoms with Crippen molar-refractivity contribution in [1.82, 2.24) is 9.38 Å². The van der Waals surface area contributed by atoms with E-state index in [9.17, 15) is 0 Å². The topological polar surface area (TPSA) is 17.3 Å². The van der Waals surface area contributed by atoms with Crippen molar-refractivity contribution < 1.29 is 0 Å². The van der Waals surface area contributed by atoms with Crippen LogP contribution in [0, 0.1) is 6.92 Å². The maximum absolute atomic E-state index is 4.11. The highest BCUT2D eigenvalue weighted by molar-refractivity contribution is 5.65. The van der Waals surface area contributed by atoms with Gasteiger partial charge in [-0.3, -0.25) is 0 Å². The Morgan fingerprint density at radius 3 is 2.28 bits per heavy atom. The van der Waals surface area contributed by atoms with Gasteiger partial charge in [-0.15, -0.1) is 0 Å². The standard InChI is InChI=1S/C14H12N2.C2H6/c1-11-2-4-12(5-3-11)13-6-7-14-8-15-10-16(14)9-13;1-2/h2-10H,1H3;1-2H3. The molecule has 3 rings (SSSR count). The average molecular weight is 238 g/mol. The lowest BCUT2D eigenvalue weighted by atomic mass is 10.1. The number of aryl methyl sites for hydroxylation is 1. The molecule has 2 heteroatoms. The number of pyridine rings is 1. The van der Waals surface area contributed by atoms with Crippen LogP contribution in [0.1, 0.15) is 19.4 Å². The van der Waals surface area contributed by atoms with E-state index in [-0.39, 0.29) is 0 Å². The average Bonchev–Trinajstić information content (AvgIpc) is 2.89. The number of benzene rings is 1. The molecule has 0 unspecified atom stereocenters. The molecule has 0 radical (unpaired) electrons. The first kappa shape index (κ1) is 12.4. The molecule has 0 N–H and O–H groups in total. The number of hydrogen-bond donors (Lipinski definition) is 0. The van der Waals surface area contributed by atoms with Crippen LogP contribution >= 0.6 is 0 Å². The molecule has 92 valence electrons. The minimum absolute atomic E-state index is 1.12. The molecule has 0 aliphatic carbocycles. The third-order valence-corrected chi connectivity index (χ3v) is 2.79. The molecule has 18 heavy (non-hydrogen) atoms. The summed E-state index contributed by atoms with van der Waals surface area (Å²) in [6.45, 7) is 6.10. The molecule has 0 bridgehead atoms. The Morgan fingerprint density at radius 1 is 0.889 bits per heavy atom. The summed E-state index contributed by atoms with van der Waals surface area (Å²) < 4.78 is 2.04. The molecule has 0 atom stereocenters. The van der Waals surface area contributed by atoms with Crippen molar-refractivity contribution in [3.63, 3.8) is 0 Å². The van der Waals surface area contributed by atoms with Crippen molar-refractivity contribution in [2.24, 2.45) is 0 Å². The van der Waals surface area contributed by atoms with Gasteiger partial charge in [0.1, 0.15) is 0 Å². The SMILES string of the molecule is CC.Cc1ccc(-c2ccc3cncn3c2)cc1. The monoisotopic (exact) mass is 238 g/mol. The predicted octanol–water partition coefficient (Wildman–Crippen LogP) is 4.34. The van der Waals surface area contributed by atoms with Gasteiger partial charge in [0.05, 0.1) is 18.0 Å². The summed E-state index contributed by atoms with van der Waals surface area (Å²) in [5.74, 6) is 0. The van der Waals surface area contributed by atoms with Crippen LogP contribution in [0.2, 0.25) is 0 Å². The minimum atomic E-state index is 1.12. The normalized spacial score (nSPS) is 9.94. The fourth-order valence-electron chi connectivity index (χ4n) is 1.84. The molecule has 0 aliphatic rings. The summed E-state index contributed by atoms with van der Waals surface area (Å²) in [6, 6.07) is 12.8. The Labute approximate surface area is 108 Å². The maximum Gasteiger partial charge on any atom is 0.0992 e. The van der Waals surface area contributed by atoms with E-state index >= 15 is 0 Å². The zero-order valence-corrected chi connectivity index (χ0v) is 11.1. The Hall–Kier alpha value is -2.09. The molecule has 0 saturated heterocycles. The summed E-state index contributed by atoms with van der Waals surface area (Å²) in [7, 11) is 0. The number of nitrogens with zero attached hydrogens (tertiary/aromatic N) is 2. The van der Waals surface area contributed by atoms with E-state index in [2.05, 4.69) is 54.5 Å². The lowest BCUT2D eigenvalue weighted by Gasteiger charge is -2.03. The van der Waals surface area contributed by atoms with Crippen molar-refractivity contribution in [2.45, 2.75) is 20.8 Å². The van der Waals surface area contributed by atoms with Crippen molar-refractivity contribution >= 4 is 5.52 Å². The minimum Gasteiger partial charge on any atom is -0.306 e. The molecule has 1 aromatic carbocycles. The smallest absolute Gasteiger partial charge is 0.0992 e. The summed E-state index contributed by atoms with van der Waals surface area (Å²) in [5.41, 5.74) is 4.86. The number of aromatic nitrogens is 2. The molecule has 2 aromatic heterocycles. The summed E-state index contributed by atoms with van der Waals surface area (Å²) >= 11 is 0.